The average Bonchev–Trinajstić information content (AvgIpc) is 3.19. The number of carbonyl (C=O) groups excluding carboxylic acids is 1. The number of hydrogen-bond donors (Lipinski definition) is 0. The van der Waals surface area contributed by atoms with Gasteiger partial charge in [-0.05, 0) is 25.7 Å². The first-order chi connectivity index (χ1) is 10.2. The topological polar surface area (TPSA) is 56.6 Å². The molecule has 3 aliphatic rings. The molecule has 21 heavy (non-hydrogen) atoms. The van der Waals surface area contributed by atoms with Crippen molar-refractivity contribution < 1.29 is 9.53 Å². The number of hydrogen-bond acceptors (Lipinski definition) is 4. The number of piperazine rings is 1. The second-order valence-corrected chi connectivity index (χ2v) is 6.63. The zero-order valence-electron chi connectivity index (χ0n) is 12.7. The summed E-state index contributed by atoms with van der Waals surface area (Å²) in [6, 6.07) is 2.32. The van der Waals surface area contributed by atoms with Crippen molar-refractivity contribution in [3.8, 4) is 6.07 Å². The van der Waals surface area contributed by atoms with Crippen LogP contribution in [0, 0.1) is 16.7 Å². The Hall–Kier alpha value is -1.12. The van der Waals surface area contributed by atoms with Crippen molar-refractivity contribution in [2.24, 2.45) is 5.41 Å². The van der Waals surface area contributed by atoms with Crippen LogP contribution in [0.15, 0.2) is 0 Å². The molecule has 1 amide bonds. The lowest BCUT2D eigenvalue weighted by Crippen LogP contribution is -2.53. The normalized spacial score (nSPS) is 29.5. The van der Waals surface area contributed by atoms with E-state index in [0.29, 0.717) is 6.10 Å². The van der Waals surface area contributed by atoms with Crippen LogP contribution in [0.4, 0.5) is 0 Å². The molecule has 0 spiro atoms. The number of rotatable bonds is 3. The average molecular weight is 291 g/mol. The van der Waals surface area contributed by atoms with E-state index in [2.05, 4.69) is 11.0 Å². The molecule has 5 nitrogen and oxygen atoms in total. The molecule has 0 N–H and O–H groups in total. The molecule has 1 atom stereocenters. The van der Waals surface area contributed by atoms with Gasteiger partial charge in [0.2, 0.25) is 5.91 Å². The number of ether oxygens (including phenoxy) is 1. The largest absolute Gasteiger partial charge is 0.377 e. The van der Waals surface area contributed by atoms with Gasteiger partial charge in [-0.15, -0.1) is 0 Å². The van der Waals surface area contributed by atoms with Crippen LogP contribution in [-0.2, 0) is 9.53 Å². The SMILES string of the molecule is N#CC1(C(=O)N2CCN(CC3CCCO3)CC2)CCCC1. The molecule has 0 aromatic carbocycles. The Kier molecular flexibility index (Phi) is 4.46. The van der Waals surface area contributed by atoms with Crippen molar-refractivity contribution in [3.05, 3.63) is 0 Å². The van der Waals surface area contributed by atoms with Gasteiger partial charge in [-0.25, -0.2) is 0 Å². The van der Waals surface area contributed by atoms with E-state index in [4.69, 9.17) is 4.74 Å². The minimum Gasteiger partial charge on any atom is -0.377 e. The molecular weight excluding hydrogens is 266 g/mol. The molecule has 1 aliphatic carbocycles. The van der Waals surface area contributed by atoms with Crippen molar-refractivity contribution in [1.82, 2.24) is 9.80 Å². The second kappa shape index (κ2) is 6.33. The van der Waals surface area contributed by atoms with Gasteiger partial charge < -0.3 is 9.64 Å². The van der Waals surface area contributed by atoms with Crippen LogP contribution in [0.2, 0.25) is 0 Å². The fourth-order valence-corrected chi connectivity index (χ4v) is 3.86. The number of carbonyl (C=O) groups is 1. The lowest BCUT2D eigenvalue weighted by molar-refractivity contribution is -0.140. The summed E-state index contributed by atoms with van der Waals surface area (Å²) in [6.07, 6.45) is 6.24. The second-order valence-electron chi connectivity index (χ2n) is 6.63. The summed E-state index contributed by atoms with van der Waals surface area (Å²) >= 11 is 0. The van der Waals surface area contributed by atoms with Gasteiger partial charge in [-0.1, -0.05) is 12.8 Å². The van der Waals surface area contributed by atoms with Gasteiger partial charge >= 0.3 is 0 Å². The van der Waals surface area contributed by atoms with E-state index in [1.165, 1.54) is 6.42 Å². The molecule has 2 aliphatic heterocycles. The van der Waals surface area contributed by atoms with Gasteiger partial charge in [0, 0.05) is 39.3 Å². The highest BCUT2D eigenvalue weighted by Crippen LogP contribution is 2.39. The summed E-state index contributed by atoms with van der Waals surface area (Å²) in [5.41, 5.74) is -0.712. The van der Waals surface area contributed by atoms with Crippen molar-refractivity contribution in [2.45, 2.75) is 44.6 Å². The van der Waals surface area contributed by atoms with Gasteiger partial charge in [0.05, 0.1) is 12.2 Å². The summed E-state index contributed by atoms with van der Waals surface area (Å²) in [5, 5.41) is 9.43. The third-order valence-electron chi connectivity index (χ3n) is 5.23. The van der Waals surface area contributed by atoms with Crippen molar-refractivity contribution in [1.29, 1.82) is 5.26 Å². The summed E-state index contributed by atoms with van der Waals surface area (Å²) in [6.45, 7) is 5.23. The molecule has 0 aromatic rings. The monoisotopic (exact) mass is 291 g/mol. The molecule has 1 unspecified atom stereocenters. The van der Waals surface area contributed by atoms with E-state index in [1.807, 2.05) is 4.90 Å². The highest BCUT2D eigenvalue weighted by Gasteiger charge is 2.44. The number of nitriles is 1. The summed E-state index contributed by atoms with van der Waals surface area (Å²) in [7, 11) is 0. The maximum absolute atomic E-state index is 12.7. The predicted molar refractivity (Wildman–Crippen MR) is 78.5 cm³/mol. The van der Waals surface area contributed by atoms with Gasteiger partial charge in [0.15, 0.2) is 0 Å². The number of amides is 1. The molecule has 2 heterocycles. The molecule has 116 valence electrons. The van der Waals surface area contributed by atoms with Gasteiger partial charge in [0.1, 0.15) is 5.41 Å². The zero-order chi connectivity index (χ0) is 14.7. The van der Waals surface area contributed by atoms with Gasteiger partial charge in [0.25, 0.3) is 0 Å². The Morgan fingerprint density at radius 1 is 1.19 bits per heavy atom. The molecule has 3 rings (SSSR count). The van der Waals surface area contributed by atoms with Gasteiger partial charge in [-0.2, -0.15) is 5.26 Å². The molecule has 0 bridgehead atoms. The Labute approximate surface area is 126 Å². The maximum atomic E-state index is 12.7. The molecule has 2 saturated heterocycles. The van der Waals surface area contributed by atoms with Crippen LogP contribution >= 0.6 is 0 Å². The lowest BCUT2D eigenvalue weighted by atomic mass is 9.86. The Balaban J connectivity index is 1.51. The molecule has 0 radical (unpaired) electrons. The van der Waals surface area contributed by atoms with Crippen LogP contribution < -0.4 is 0 Å². The number of nitrogens with zero attached hydrogens (tertiary/aromatic N) is 3. The molecule has 3 fully saturated rings. The van der Waals surface area contributed by atoms with Crippen molar-refractivity contribution in [2.75, 3.05) is 39.3 Å². The minimum absolute atomic E-state index is 0.0827. The van der Waals surface area contributed by atoms with E-state index >= 15 is 0 Å². The first-order valence-electron chi connectivity index (χ1n) is 8.28. The first kappa shape index (κ1) is 14.8. The Bertz CT molecular complexity index is 412. The van der Waals surface area contributed by atoms with Crippen molar-refractivity contribution >= 4 is 5.91 Å². The smallest absolute Gasteiger partial charge is 0.243 e. The van der Waals surface area contributed by atoms with E-state index in [1.54, 1.807) is 0 Å². The Morgan fingerprint density at radius 2 is 1.90 bits per heavy atom. The third kappa shape index (κ3) is 3.07. The van der Waals surface area contributed by atoms with Gasteiger partial charge in [-0.3, -0.25) is 9.69 Å². The van der Waals surface area contributed by atoms with Crippen LogP contribution in [0.25, 0.3) is 0 Å². The standard InChI is InChI=1S/C16H25N3O2/c17-13-16(5-1-2-6-16)15(20)19-9-7-18(8-10-19)12-14-4-3-11-21-14/h14H,1-12H2. The third-order valence-corrected chi connectivity index (χ3v) is 5.23. The molecular formula is C16H25N3O2. The Morgan fingerprint density at radius 3 is 2.48 bits per heavy atom. The van der Waals surface area contributed by atoms with Crippen LogP contribution in [0.5, 0.6) is 0 Å². The van der Waals surface area contributed by atoms with E-state index < -0.39 is 5.41 Å². The zero-order valence-corrected chi connectivity index (χ0v) is 12.7. The first-order valence-corrected chi connectivity index (χ1v) is 8.28. The highest BCUT2D eigenvalue weighted by atomic mass is 16.5. The summed E-state index contributed by atoms with van der Waals surface area (Å²) in [5.74, 6) is 0.0827. The van der Waals surface area contributed by atoms with E-state index in [0.717, 1.165) is 71.4 Å². The van der Waals surface area contributed by atoms with Crippen LogP contribution in [0.3, 0.4) is 0 Å². The molecule has 5 heteroatoms. The van der Waals surface area contributed by atoms with Crippen LogP contribution in [-0.4, -0.2) is 61.1 Å². The molecule has 0 aromatic heterocycles. The van der Waals surface area contributed by atoms with Crippen molar-refractivity contribution in [3.63, 3.8) is 0 Å². The van der Waals surface area contributed by atoms with E-state index in [-0.39, 0.29) is 5.91 Å². The maximum Gasteiger partial charge on any atom is 0.243 e. The molecule has 1 saturated carbocycles. The van der Waals surface area contributed by atoms with Crippen LogP contribution in [0.1, 0.15) is 38.5 Å². The quantitative estimate of drug-likeness (QED) is 0.788. The predicted octanol–water partition coefficient (Wildman–Crippen LogP) is 1.39. The summed E-state index contributed by atoms with van der Waals surface area (Å²) < 4.78 is 5.68. The van der Waals surface area contributed by atoms with E-state index in [9.17, 15) is 10.1 Å². The highest BCUT2D eigenvalue weighted by molar-refractivity contribution is 5.86. The fraction of sp³-hybridized carbons (Fsp3) is 0.875. The lowest BCUT2D eigenvalue weighted by Gasteiger charge is -2.38. The fourth-order valence-electron chi connectivity index (χ4n) is 3.86. The minimum atomic E-state index is -0.712. The summed E-state index contributed by atoms with van der Waals surface area (Å²) in [4.78, 5) is 17.0.